The third kappa shape index (κ3) is 2.91. The summed E-state index contributed by atoms with van der Waals surface area (Å²) in [6, 6.07) is 6.66. The van der Waals surface area contributed by atoms with Gasteiger partial charge in [0.25, 0.3) is 10.0 Å². The third-order valence-corrected chi connectivity index (χ3v) is 6.51. The van der Waals surface area contributed by atoms with Crippen molar-refractivity contribution in [3.05, 3.63) is 56.5 Å². The molecule has 3 rings (SSSR count). The van der Waals surface area contributed by atoms with E-state index in [1.54, 1.807) is 39.2 Å². The van der Waals surface area contributed by atoms with Crippen LogP contribution in [0.5, 0.6) is 0 Å². The first-order valence-corrected chi connectivity index (χ1v) is 9.84. The van der Waals surface area contributed by atoms with Gasteiger partial charge in [0.15, 0.2) is 0 Å². The first kappa shape index (κ1) is 18.5. The number of imidazole rings is 1. The zero-order valence-electron chi connectivity index (χ0n) is 15.2. The second kappa shape index (κ2) is 6.17. The first-order valence-electron chi connectivity index (χ1n) is 7.98. The Morgan fingerprint density at radius 1 is 0.885 bits per heavy atom. The lowest BCUT2D eigenvalue weighted by Crippen LogP contribution is -2.19. The Balaban J connectivity index is 2.14. The summed E-state index contributed by atoms with van der Waals surface area (Å²) in [6.07, 6.45) is 0. The molecule has 0 aliphatic heterocycles. The first-order chi connectivity index (χ1) is 12.0. The number of aromatic nitrogens is 2. The molecule has 0 radical (unpaired) electrons. The molecule has 6 nitrogen and oxygen atoms in total. The summed E-state index contributed by atoms with van der Waals surface area (Å²) in [4.78, 5) is 12.3. The molecule has 138 valence electrons. The van der Waals surface area contributed by atoms with Gasteiger partial charge in [-0.3, -0.25) is 13.9 Å². The number of benzene rings is 2. The molecular weight excluding hydrogens is 374 g/mol. The van der Waals surface area contributed by atoms with Crippen LogP contribution < -0.4 is 10.4 Å². The van der Waals surface area contributed by atoms with Crippen LogP contribution in [0.2, 0.25) is 5.02 Å². The Bertz CT molecular complexity index is 1210. The molecule has 0 saturated heterocycles. The van der Waals surface area contributed by atoms with Gasteiger partial charge in [-0.2, -0.15) is 0 Å². The molecule has 0 aliphatic rings. The van der Waals surface area contributed by atoms with Crippen molar-refractivity contribution in [2.75, 3.05) is 4.72 Å². The van der Waals surface area contributed by atoms with Gasteiger partial charge in [0.2, 0.25) is 0 Å². The van der Waals surface area contributed by atoms with Gasteiger partial charge in [-0.05, 0) is 55.7 Å². The maximum atomic E-state index is 12.9. The zero-order valence-corrected chi connectivity index (χ0v) is 16.8. The third-order valence-electron chi connectivity index (χ3n) is 4.69. The van der Waals surface area contributed by atoms with Crippen LogP contribution >= 0.6 is 11.6 Å². The molecular formula is C18H20ClN3O3S. The monoisotopic (exact) mass is 393 g/mol. The molecule has 26 heavy (non-hydrogen) atoms. The fourth-order valence-corrected chi connectivity index (χ4v) is 4.67. The molecule has 0 saturated carbocycles. The summed E-state index contributed by atoms with van der Waals surface area (Å²) >= 11 is 6.28. The molecule has 0 spiro atoms. The maximum Gasteiger partial charge on any atom is 0.328 e. The van der Waals surface area contributed by atoms with Gasteiger partial charge in [-0.25, -0.2) is 13.2 Å². The Morgan fingerprint density at radius 3 is 2.04 bits per heavy atom. The van der Waals surface area contributed by atoms with Crippen molar-refractivity contribution in [2.24, 2.45) is 14.1 Å². The summed E-state index contributed by atoms with van der Waals surface area (Å²) < 4.78 is 31.2. The molecule has 0 unspecified atom stereocenters. The van der Waals surface area contributed by atoms with E-state index < -0.39 is 10.0 Å². The summed E-state index contributed by atoms with van der Waals surface area (Å²) in [5.74, 6) is 0. The zero-order chi connectivity index (χ0) is 19.4. The van der Waals surface area contributed by atoms with Crippen molar-refractivity contribution in [3.63, 3.8) is 0 Å². The minimum atomic E-state index is -3.82. The topological polar surface area (TPSA) is 73.1 Å². The SMILES string of the molecule is Cc1cc(C)c(S(=O)(=O)Nc2cc3c(cc2Cl)n(C)c(=O)n3C)cc1C. The largest absolute Gasteiger partial charge is 0.328 e. The average Bonchev–Trinajstić information content (AvgIpc) is 2.75. The lowest BCUT2D eigenvalue weighted by molar-refractivity contribution is 0.600. The molecule has 0 bridgehead atoms. The van der Waals surface area contributed by atoms with E-state index >= 15 is 0 Å². The number of hydrogen-bond acceptors (Lipinski definition) is 3. The van der Waals surface area contributed by atoms with Gasteiger partial charge < -0.3 is 0 Å². The highest BCUT2D eigenvalue weighted by Crippen LogP contribution is 2.30. The molecule has 0 atom stereocenters. The van der Waals surface area contributed by atoms with Crippen LogP contribution in [-0.4, -0.2) is 17.6 Å². The Morgan fingerprint density at radius 2 is 1.42 bits per heavy atom. The fourth-order valence-electron chi connectivity index (χ4n) is 3.02. The van der Waals surface area contributed by atoms with Crippen LogP contribution in [0.4, 0.5) is 5.69 Å². The summed E-state index contributed by atoms with van der Waals surface area (Å²) in [7, 11) is -0.548. The van der Waals surface area contributed by atoms with E-state index in [1.807, 2.05) is 19.9 Å². The lowest BCUT2D eigenvalue weighted by Gasteiger charge is -2.14. The van der Waals surface area contributed by atoms with Crippen molar-refractivity contribution in [1.82, 2.24) is 9.13 Å². The summed E-state index contributed by atoms with van der Waals surface area (Å²) in [6.45, 7) is 5.56. The molecule has 1 heterocycles. The predicted molar refractivity (Wildman–Crippen MR) is 105 cm³/mol. The maximum absolute atomic E-state index is 12.9. The Kier molecular flexibility index (Phi) is 4.40. The Hall–Kier alpha value is -2.25. The van der Waals surface area contributed by atoms with Gasteiger partial charge in [-0.1, -0.05) is 17.7 Å². The quantitative estimate of drug-likeness (QED) is 0.742. The number of fused-ring (bicyclic) bond motifs is 1. The van der Waals surface area contributed by atoms with Crippen LogP contribution in [0.25, 0.3) is 11.0 Å². The average molecular weight is 394 g/mol. The number of aryl methyl sites for hydroxylation is 5. The van der Waals surface area contributed by atoms with Crippen LogP contribution in [0.3, 0.4) is 0 Å². The number of nitrogens with one attached hydrogen (secondary N) is 1. The molecule has 8 heteroatoms. The van der Waals surface area contributed by atoms with Crippen molar-refractivity contribution in [3.8, 4) is 0 Å². The standard InChI is InChI=1S/C18H20ClN3O3S/c1-10-6-12(3)17(7-11(10)2)26(24,25)20-14-9-16-15(8-13(14)19)21(4)18(23)22(16)5/h6-9,20H,1-5H3. The molecule has 2 aromatic carbocycles. The van der Waals surface area contributed by atoms with E-state index in [4.69, 9.17) is 11.6 Å². The van der Waals surface area contributed by atoms with E-state index in [9.17, 15) is 13.2 Å². The van der Waals surface area contributed by atoms with E-state index in [-0.39, 0.29) is 21.3 Å². The van der Waals surface area contributed by atoms with Gasteiger partial charge in [0.05, 0.1) is 26.6 Å². The normalized spacial score (nSPS) is 11.9. The highest BCUT2D eigenvalue weighted by molar-refractivity contribution is 7.92. The Labute approximate surface area is 157 Å². The number of nitrogens with zero attached hydrogens (tertiary/aromatic N) is 2. The van der Waals surface area contributed by atoms with Crippen LogP contribution in [-0.2, 0) is 24.1 Å². The number of halogens is 1. The second-order valence-corrected chi connectivity index (χ2v) is 8.59. The predicted octanol–water partition coefficient (Wildman–Crippen LogP) is 3.26. The molecule has 1 aromatic heterocycles. The molecule has 0 aliphatic carbocycles. The van der Waals surface area contributed by atoms with Crippen molar-refractivity contribution in [1.29, 1.82) is 0 Å². The van der Waals surface area contributed by atoms with Crippen molar-refractivity contribution < 1.29 is 8.42 Å². The molecule has 1 N–H and O–H groups in total. The van der Waals surface area contributed by atoms with Gasteiger partial charge >= 0.3 is 5.69 Å². The lowest BCUT2D eigenvalue weighted by atomic mass is 10.1. The summed E-state index contributed by atoms with van der Waals surface area (Å²) in [5.41, 5.74) is 3.83. The minimum Gasteiger partial charge on any atom is -0.295 e. The smallest absolute Gasteiger partial charge is 0.295 e. The van der Waals surface area contributed by atoms with Gasteiger partial charge in [0, 0.05) is 14.1 Å². The van der Waals surface area contributed by atoms with Gasteiger partial charge in [-0.15, -0.1) is 0 Å². The van der Waals surface area contributed by atoms with E-state index in [0.717, 1.165) is 11.1 Å². The van der Waals surface area contributed by atoms with Gasteiger partial charge in [0.1, 0.15) is 0 Å². The molecule has 0 fully saturated rings. The van der Waals surface area contributed by atoms with Crippen LogP contribution in [0.15, 0.2) is 34.0 Å². The highest BCUT2D eigenvalue weighted by Gasteiger charge is 2.20. The van der Waals surface area contributed by atoms with Crippen LogP contribution in [0.1, 0.15) is 16.7 Å². The minimum absolute atomic E-state index is 0.207. The van der Waals surface area contributed by atoms with Crippen molar-refractivity contribution in [2.45, 2.75) is 25.7 Å². The number of hydrogen-bond donors (Lipinski definition) is 1. The second-order valence-electron chi connectivity index (χ2n) is 6.53. The number of anilines is 1. The van der Waals surface area contributed by atoms with Crippen LogP contribution in [0, 0.1) is 20.8 Å². The molecule has 0 amide bonds. The fraction of sp³-hybridized carbons (Fsp3) is 0.278. The van der Waals surface area contributed by atoms with E-state index in [0.29, 0.717) is 16.6 Å². The summed E-state index contributed by atoms with van der Waals surface area (Å²) in [5, 5.41) is 0.226. The number of rotatable bonds is 3. The number of sulfonamides is 1. The molecule has 3 aromatic rings. The van der Waals surface area contributed by atoms with E-state index in [1.165, 1.54) is 9.13 Å². The highest BCUT2D eigenvalue weighted by atomic mass is 35.5. The van der Waals surface area contributed by atoms with E-state index in [2.05, 4.69) is 4.72 Å². The van der Waals surface area contributed by atoms with Crippen molar-refractivity contribution >= 4 is 38.3 Å².